The molecule has 46 heavy (non-hydrogen) atoms. The van der Waals surface area contributed by atoms with Crippen molar-refractivity contribution < 1.29 is 29.0 Å². The molecule has 2 heterocycles. The van der Waals surface area contributed by atoms with Gasteiger partial charge in [-0.15, -0.1) is 11.3 Å². The Morgan fingerprint density at radius 1 is 1.02 bits per heavy atom. The first-order valence-electron chi connectivity index (χ1n) is 15.3. The number of methoxy groups -OCH3 is 1. The molecule has 0 bridgehead atoms. The van der Waals surface area contributed by atoms with Crippen molar-refractivity contribution in [2.24, 2.45) is 0 Å². The molecule has 1 atom stereocenters. The van der Waals surface area contributed by atoms with E-state index in [-0.39, 0.29) is 11.9 Å². The molecular formula is C34H43N5O6S. The molecule has 2 amide bonds. The van der Waals surface area contributed by atoms with Crippen LogP contribution in [-0.2, 0) is 16.2 Å². The van der Waals surface area contributed by atoms with E-state index in [0.717, 1.165) is 58.2 Å². The summed E-state index contributed by atoms with van der Waals surface area (Å²) in [7, 11) is 6.29. The van der Waals surface area contributed by atoms with Gasteiger partial charge >= 0.3 is 6.09 Å². The van der Waals surface area contributed by atoms with Gasteiger partial charge in [0.05, 0.1) is 32.4 Å². The smallest absolute Gasteiger partial charge is 0.407 e. The molecule has 0 aliphatic heterocycles. The first-order chi connectivity index (χ1) is 22.1. The summed E-state index contributed by atoms with van der Waals surface area (Å²) in [6, 6.07) is 13.8. The predicted octanol–water partition coefficient (Wildman–Crippen LogP) is 7.31. The number of amides is 2. The van der Waals surface area contributed by atoms with Crippen LogP contribution < -0.4 is 14.8 Å². The molecule has 0 fully saturated rings. The third-order valence-corrected chi connectivity index (χ3v) is 8.84. The summed E-state index contributed by atoms with van der Waals surface area (Å²) in [4.78, 5) is 40.0. The van der Waals surface area contributed by atoms with Crippen LogP contribution in [0.5, 0.6) is 11.5 Å². The summed E-state index contributed by atoms with van der Waals surface area (Å²) in [6.07, 6.45) is 3.04. The van der Waals surface area contributed by atoms with Crippen molar-refractivity contribution in [1.82, 2.24) is 19.9 Å². The van der Waals surface area contributed by atoms with Crippen LogP contribution in [0.2, 0.25) is 0 Å². The van der Waals surface area contributed by atoms with E-state index in [1.54, 1.807) is 32.5 Å². The van der Waals surface area contributed by atoms with Crippen molar-refractivity contribution in [2.45, 2.75) is 58.5 Å². The highest BCUT2D eigenvalue weighted by molar-refractivity contribution is 7.10. The number of aryl methyl sites for hydroxylation is 1. The minimum absolute atomic E-state index is 0.0238. The van der Waals surface area contributed by atoms with E-state index in [1.165, 1.54) is 17.1 Å². The van der Waals surface area contributed by atoms with Crippen LogP contribution in [0, 0.1) is 6.92 Å². The summed E-state index contributed by atoms with van der Waals surface area (Å²) in [5.41, 5.74) is 3.75. The Morgan fingerprint density at radius 2 is 1.78 bits per heavy atom. The van der Waals surface area contributed by atoms with E-state index in [2.05, 4.69) is 28.7 Å². The van der Waals surface area contributed by atoms with E-state index in [4.69, 9.17) is 19.3 Å². The highest BCUT2D eigenvalue weighted by Gasteiger charge is 2.18. The Hall–Kier alpha value is -4.42. The summed E-state index contributed by atoms with van der Waals surface area (Å²) < 4.78 is 11.8. The van der Waals surface area contributed by atoms with Gasteiger partial charge in [0.1, 0.15) is 11.6 Å². The van der Waals surface area contributed by atoms with Gasteiger partial charge < -0.3 is 24.8 Å². The van der Waals surface area contributed by atoms with Gasteiger partial charge in [-0.1, -0.05) is 37.1 Å². The minimum atomic E-state index is -0.963. The zero-order valence-electron chi connectivity index (χ0n) is 27.3. The van der Waals surface area contributed by atoms with Gasteiger partial charge in [0.15, 0.2) is 11.5 Å². The molecule has 12 heteroatoms. The number of carbonyl (C=O) groups excluding carboxylic acids is 1. The number of fused-ring (bicyclic) bond motifs is 1. The Bertz CT molecular complexity index is 1640. The molecular weight excluding hydrogens is 606 g/mol. The number of nitrogens with zero attached hydrogens (tertiary/aromatic N) is 4. The number of rotatable bonds is 16. The van der Waals surface area contributed by atoms with Gasteiger partial charge in [0, 0.05) is 43.4 Å². The SMILES string of the molecule is COc1cc2c(N[C@H](C)c3cc(-c4ccccc4CN(C)C(=O)O)cs3)nc(C)nc2cc1OCCCCCCC(=O)N(C)OC. The monoisotopic (exact) mass is 649 g/mol. The van der Waals surface area contributed by atoms with Crippen molar-refractivity contribution in [3.63, 3.8) is 0 Å². The second-order valence-electron chi connectivity index (χ2n) is 11.1. The quantitative estimate of drug-likeness (QED) is 0.0949. The highest BCUT2D eigenvalue weighted by Crippen LogP contribution is 2.37. The van der Waals surface area contributed by atoms with E-state index in [9.17, 15) is 14.7 Å². The molecule has 0 unspecified atom stereocenters. The number of carbonyl (C=O) groups is 2. The van der Waals surface area contributed by atoms with E-state index < -0.39 is 6.09 Å². The Balaban J connectivity index is 1.43. The average molecular weight is 650 g/mol. The summed E-state index contributed by atoms with van der Waals surface area (Å²) in [5.74, 6) is 2.54. The number of nitrogens with one attached hydrogen (secondary N) is 1. The first kappa shape index (κ1) is 34.5. The highest BCUT2D eigenvalue weighted by atomic mass is 32.1. The maximum atomic E-state index is 11.8. The fourth-order valence-electron chi connectivity index (χ4n) is 5.07. The van der Waals surface area contributed by atoms with Gasteiger partial charge in [-0.05, 0) is 60.9 Å². The van der Waals surface area contributed by atoms with Crippen LogP contribution in [0.15, 0.2) is 47.8 Å². The molecule has 0 radical (unpaired) electrons. The lowest BCUT2D eigenvalue weighted by Gasteiger charge is -2.17. The lowest BCUT2D eigenvalue weighted by Crippen LogP contribution is -2.24. The van der Waals surface area contributed by atoms with Gasteiger partial charge in [0.2, 0.25) is 5.91 Å². The van der Waals surface area contributed by atoms with Crippen LogP contribution in [0.3, 0.4) is 0 Å². The first-order valence-corrected chi connectivity index (χ1v) is 16.2. The van der Waals surface area contributed by atoms with Crippen molar-refractivity contribution in [3.8, 4) is 22.6 Å². The van der Waals surface area contributed by atoms with E-state index >= 15 is 0 Å². The number of anilines is 1. The van der Waals surface area contributed by atoms with Crippen LogP contribution in [0.4, 0.5) is 10.6 Å². The van der Waals surface area contributed by atoms with E-state index in [0.29, 0.717) is 42.7 Å². The summed E-state index contributed by atoms with van der Waals surface area (Å²) in [5, 5.41) is 17.1. The van der Waals surface area contributed by atoms with Gasteiger partial charge in [-0.25, -0.2) is 19.8 Å². The van der Waals surface area contributed by atoms with Crippen molar-refractivity contribution in [2.75, 3.05) is 40.2 Å². The molecule has 2 aromatic carbocycles. The number of hydrogen-bond acceptors (Lipinski definition) is 9. The molecule has 0 spiro atoms. The number of ether oxygens (including phenoxy) is 2. The van der Waals surface area contributed by atoms with Crippen molar-refractivity contribution >= 4 is 40.1 Å². The maximum absolute atomic E-state index is 11.8. The lowest BCUT2D eigenvalue weighted by atomic mass is 10.0. The van der Waals surface area contributed by atoms with E-state index in [1.807, 2.05) is 43.3 Å². The molecule has 0 aliphatic carbocycles. The third-order valence-electron chi connectivity index (χ3n) is 7.72. The predicted molar refractivity (Wildman–Crippen MR) is 180 cm³/mol. The number of hydrogen-bond donors (Lipinski definition) is 2. The molecule has 0 saturated carbocycles. The Morgan fingerprint density at radius 3 is 2.52 bits per heavy atom. The lowest BCUT2D eigenvalue weighted by molar-refractivity contribution is -0.168. The van der Waals surface area contributed by atoms with Crippen LogP contribution in [0.25, 0.3) is 22.0 Å². The fraction of sp³-hybridized carbons (Fsp3) is 0.412. The van der Waals surface area contributed by atoms with Gasteiger partial charge in [0.25, 0.3) is 0 Å². The number of carboxylic acid groups (broad SMARTS) is 1. The molecule has 11 nitrogen and oxygen atoms in total. The Labute approximate surface area is 274 Å². The average Bonchev–Trinajstić information content (AvgIpc) is 3.54. The van der Waals surface area contributed by atoms with Crippen molar-refractivity contribution in [3.05, 3.63) is 64.1 Å². The zero-order valence-corrected chi connectivity index (χ0v) is 28.1. The van der Waals surface area contributed by atoms with Gasteiger partial charge in [-0.3, -0.25) is 9.63 Å². The van der Waals surface area contributed by atoms with Crippen LogP contribution in [0.1, 0.15) is 61.3 Å². The second-order valence-corrected chi connectivity index (χ2v) is 12.1. The molecule has 0 saturated heterocycles. The molecule has 4 rings (SSSR count). The summed E-state index contributed by atoms with van der Waals surface area (Å²) in [6.45, 7) is 4.78. The third kappa shape index (κ3) is 8.85. The minimum Gasteiger partial charge on any atom is -0.493 e. The molecule has 2 aromatic heterocycles. The Kier molecular flexibility index (Phi) is 12.2. The largest absolute Gasteiger partial charge is 0.493 e. The summed E-state index contributed by atoms with van der Waals surface area (Å²) >= 11 is 1.64. The number of thiophene rings is 1. The van der Waals surface area contributed by atoms with Crippen LogP contribution in [-0.4, -0.2) is 72.0 Å². The fourth-order valence-corrected chi connectivity index (χ4v) is 5.98. The maximum Gasteiger partial charge on any atom is 0.407 e. The zero-order chi connectivity index (χ0) is 33.2. The van der Waals surface area contributed by atoms with Crippen molar-refractivity contribution in [1.29, 1.82) is 0 Å². The normalized spacial score (nSPS) is 11.7. The number of benzene rings is 2. The van der Waals surface area contributed by atoms with Gasteiger partial charge in [-0.2, -0.15) is 0 Å². The molecule has 0 aliphatic rings. The second kappa shape index (κ2) is 16.2. The number of unbranched alkanes of at least 4 members (excludes halogenated alkanes) is 3. The molecule has 246 valence electrons. The number of hydroxylamine groups is 2. The topological polar surface area (TPSA) is 126 Å². The van der Waals surface area contributed by atoms with Crippen LogP contribution >= 0.6 is 11.3 Å². The molecule has 4 aromatic rings. The molecule has 2 N–H and O–H groups in total. The number of aromatic nitrogens is 2. The standard InChI is InChI=1S/C34H43N5O6S/c1-22(31-17-25(21-46-31)26-14-11-10-13-24(26)20-38(3)34(41)42)35-33-27-18-29(43-5)30(19-28(27)36-23(2)37-33)45-16-12-8-7-9-15-32(40)39(4)44-6/h10-11,13-14,17-19,21-22H,7-9,12,15-16,20H2,1-6H3,(H,41,42)(H,35,36,37)/t22-/m1/s1.